The van der Waals surface area contributed by atoms with Crippen LogP contribution in [-0.2, 0) is 10.1 Å². The smallest absolute Gasteiger partial charge is 0.302 e. The third kappa shape index (κ3) is 6.81. The van der Waals surface area contributed by atoms with E-state index in [2.05, 4.69) is 28.8 Å². The van der Waals surface area contributed by atoms with Crippen molar-refractivity contribution in [2.45, 2.75) is 32.1 Å². The van der Waals surface area contributed by atoms with Crippen molar-refractivity contribution in [1.29, 1.82) is 0 Å². The van der Waals surface area contributed by atoms with E-state index in [9.17, 15) is 13.0 Å². The highest BCUT2D eigenvalue weighted by Crippen LogP contribution is 2.37. The van der Waals surface area contributed by atoms with E-state index in [0.29, 0.717) is 19.0 Å². The van der Waals surface area contributed by atoms with Crippen LogP contribution in [0.4, 0.5) is 0 Å². The molecule has 0 atom stereocenters. The minimum Gasteiger partial charge on any atom is -0.748 e. The molecule has 0 spiro atoms. The minimum atomic E-state index is -4.12. The maximum Gasteiger partial charge on any atom is 0.302 e. The van der Waals surface area contributed by atoms with Gasteiger partial charge < -0.3 is 9.29 Å². The van der Waals surface area contributed by atoms with Gasteiger partial charge >= 0.3 is 6.01 Å². The minimum absolute atomic E-state index is 0.289. The Bertz CT molecular complexity index is 1310. The average Bonchev–Trinajstić information content (AvgIpc) is 3.26. The van der Waals surface area contributed by atoms with Crippen molar-refractivity contribution in [1.82, 2.24) is 9.55 Å². The Morgan fingerprint density at radius 2 is 1.26 bits per heavy atom. The first-order valence-electron chi connectivity index (χ1n) is 11.9. The number of unbranched alkanes of at least 4 members (excludes halogenated alkanes) is 4. The lowest BCUT2D eigenvalue weighted by atomic mass is 10.0. The second kappa shape index (κ2) is 11.8. The third-order valence-electron chi connectivity index (χ3n) is 5.73. The molecule has 0 aliphatic carbocycles. The van der Waals surface area contributed by atoms with E-state index in [4.69, 9.17) is 9.72 Å². The van der Waals surface area contributed by atoms with Crippen LogP contribution < -0.4 is 4.74 Å². The molecule has 0 fully saturated rings. The summed E-state index contributed by atoms with van der Waals surface area (Å²) in [5.41, 5.74) is 4.85. The lowest BCUT2D eigenvalue weighted by Gasteiger charge is -2.13. The summed E-state index contributed by atoms with van der Waals surface area (Å²) in [5.74, 6) is -0.289. The molecule has 0 radical (unpaired) electrons. The largest absolute Gasteiger partial charge is 0.748 e. The van der Waals surface area contributed by atoms with Gasteiger partial charge in [-0.3, -0.25) is 4.57 Å². The van der Waals surface area contributed by atoms with Crippen molar-refractivity contribution in [3.63, 3.8) is 0 Å². The molecule has 35 heavy (non-hydrogen) atoms. The average molecular weight is 490 g/mol. The fourth-order valence-corrected chi connectivity index (χ4v) is 4.61. The van der Waals surface area contributed by atoms with Gasteiger partial charge in [-0.1, -0.05) is 98.1 Å². The quantitative estimate of drug-likeness (QED) is 0.178. The molecule has 182 valence electrons. The highest BCUT2D eigenvalue weighted by Gasteiger charge is 2.22. The topological polar surface area (TPSA) is 84.2 Å². The Hall–Kier alpha value is -3.42. The number of benzene rings is 3. The van der Waals surface area contributed by atoms with E-state index in [-0.39, 0.29) is 5.75 Å². The molecule has 3 aromatic carbocycles. The van der Waals surface area contributed by atoms with Crippen LogP contribution in [0, 0.1) is 0 Å². The molecule has 4 rings (SSSR count). The Balaban J connectivity index is 1.58. The van der Waals surface area contributed by atoms with E-state index in [0.717, 1.165) is 53.9 Å². The number of imidazole rings is 1. The number of para-hydroxylation sites is 1. The first kappa shape index (κ1) is 24.7. The first-order chi connectivity index (χ1) is 17.0. The number of hydrogen-bond acceptors (Lipinski definition) is 5. The normalized spacial score (nSPS) is 11.5. The SMILES string of the molecule is O=S(=O)([O-])CCCCCCCOc1nc(-c2ccccc2)c(-c2ccccc2)n1-c1ccccc1. The van der Waals surface area contributed by atoms with Gasteiger partial charge in [0.05, 0.1) is 28.1 Å². The zero-order valence-electron chi connectivity index (χ0n) is 19.5. The van der Waals surface area contributed by atoms with E-state index < -0.39 is 10.1 Å². The van der Waals surface area contributed by atoms with Gasteiger partial charge in [-0.2, -0.15) is 4.98 Å². The van der Waals surface area contributed by atoms with Gasteiger partial charge in [0.25, 0.3) is 0 Å². The second-order valence-corrected chi connectivity index (χ2v) is 9.90. The molecule has 1 heterocycles. The predicted octanol–water partition coefficient (Wildman–Crippen LogP) is 6.08. The summed E-state index contributed by atoms with van der Waals surface area (Å²) in [4.78, 5) is 4.95. The molecule has 4 aromatic rings. The number of nitrogens with zero attached hydrogens (tertiary/aromatic N) is 2. The molecule has 6 nitrogen and oxygen atoms in total. The molecule has 0 N–H and O–H groups in total. The fourth-order valence-electron chi connectivity index (χ4n) is 4.05. The Labute approximate surface area is 207 Å². The van der Waals surface area contributed by atoms with Gasteiger partial charge in [-0.05, 0) is 25.0 Å². The van der Waals surface area contributed by atoms with Gasteiger partial charge in [-0.15, -0.1) is 0 Å². The molecule has 0 saturated heterocycles. The molecule has 1 aromatic heterocycles. The van der Waals surface area contributed by atoms with Crippen LogP contribution in [-0.4, -0.2) is 34.9 Å². The molecular weight excluding hydrogens is 460 g/mol. The van der Waals surface area contributed by atoms with Crippen molar-refractivity contribution in [3.05, 3.63) is 91.0 Å². The van der Waals surface area contributed by atoms with Crippen LogP contribution in [0.3, 0.4) is 0 Å². The molecule has 0 unspecified atom stereocenters. The fraction of sp³-hybridized carbons (Fsp3) is 0.250. The standard InChI is InChI=1S/C28H30N2O4S/c31-35(32,33)22-14-3-1-2-13-21-34-28-29-26(23-15-7-4-8-16-23)27(24-17-9-5-10-18-24)30(28)25-19-11-6-12-20-25/h4-12,15-20H,1-3,13-14,21-22H2,(H,31,32,33)/p-1. The number of rotatable bonds is 12. The first-order valence-corrected chi connectivity index (χ1v) is 13.5. The van der Waals surface area contributed by atoms with Crippen LogP contribution in [0.5, 0.6) is 6.01 Å². The maximum atomic E-state index is 10.7. The number of aromatic nitrogens is 2. The van der Waals surface area contributed by atoms with Crippen LogP contribution in [0.1, 0.15) is 32.1 Å². The van der Waals surface area contributed by atoms with Gasteiger partial charge in [0.15, 0.2) is 0 Å². The molecule has 0 aliphatic heterocycles. The maximum absolute atomic E-state index is 10.7. The van der Waals surface area contributed by atoms with Gasteiger partial charge in [0.2, 0.25) is 0 Å². The molecule has 0 aliphatic rings. The van der Waals surface area contributed by atoms with Gasteiger partial charge in [-0.25, -0.2) is 8.42 Å². The lowest BCUT2D eigenvalue weighted by molar-refractivity contribution is 0.278. The van der Waals surface area contributed by atoms with Crippen LogP contribution in [0.25, 0.3) is 28.2 Å². The monoisotopic (exact) mass is 489 g/mol. The number of ether oxygens (including phenoxy) is 1. The highest BCUT2D eigenvalue weighted by molar-refractivity contribution is 7.85. The van der Waals surface area contributed by atoms with Crippen molar-refractivity contribution in [2.75, 3.05) is 12.4 Å². The van der Waals surface area contributed by atoms with Gasteiger partial charge in [0, 0.05) is 16.9 Å². The van der Waals surface area contributed by atoms with E-state index in [1.807, 2.05) is 66.7 Å². The van der Waals surface area contributed by atoms with Crippen molar-refractivity contribution in [3.8, 4) is 34.2 Å². The molecular formula is C28H29N2O4S-. The summed E-state index contributed by atoms with van der Waals surface area (Å²) in [5, 5.41) is 0. The molecule has 0 bridgehead atoms. The van der Waals surface area contributed by atoms with Crippen LogP contribution in [0.15, 0.2) is 91.0 Å². The summed E-state index contributed by atoms with van der Waals surface area (Å²) in [6.45, 7) is 0.492. The van der Waals surface area contributed by atoms with E-state index in [1.165, 1.54) is 0 Å². The highest BCUT2D eigenvalue weighted by atomic mass is 32.2. The zero-order valence-corrected chi connectivity index (χ0v) is 20.4. The Kier molecular flexibility index (Phi) is 8.34. The van der Waals surface area contributed by atoms with E-state index >= 15 is 0 Å². The Morgan fingerprint density at radius 1 is 0.714 bits per heavy atom. The summed E-state index contributed by atoms with van der Waals surface area (Å²) in [6, 6.07) is 30.9. The second-order valence-electron chi connectivity index (χ2n) is 8.37. The number of hydrogen-bond donors (Lipinski definition) is 0. The van der Waals surface area contributed by atoms with Gasteiger partial charge in [0.1, 0.15) is 5.69 Å². The molecule has 7 heteroatoms. The molecule has 0 saturated carbocycles. The van der Waals surface area contributed by atoms with E-state index in [1.54, 1.807) is 0 Å². The summed E-state index contributed by atoms with van der Waals surface area (Å²) in [7, 11) is -4.12. The van der Waals surface area contributed by atoms with Crippen LogP contribution in [0.2, 0.25) is 0 Å². The lowest BCUT2D eigenvalue weighted by Crippen LogP contribution is -2.06. The Morgan fingerprint density at radius 3 is 1.89 bits per heavy atom. The third-order valence-corrected chi connectivity index (χ3v) is 6.51. The van der Waals surface area contributed by atoms with Crippen LogP contribution >= 0.6 is 0 Å². The predicted molar refractivity (Wildman–Crippen MR) is 138 cm³/mol. The zero-order chi connectivity index (χ0) is 24.5. The molecule has 0 amide bonds. The van der Waals surface area contributed by atoms with Crippen molar-refractivity contribution in [2.24, 2.45) is 0 Å². The summed E-state index contributed by atoms with van der Waals surface area (Å²) < 4.78 is 40.5. The summed E-state index contributed by atoms with van der Waals surface area (Å²) in [6.07, 6.45) is 3.69. The summed E-state index contributed by atoms with van der Waals surface area (Å²) >= 11 is 0. The van der Waals surface area contributed by atoms with Crippen molar-refractivity contribution >= 4 is 10.1 Å². The van der Waals surface area contributed by atoms with Crippen molar-refractivity contribution < 1.29 is 17.7 Å².